The van der Waals surface area contributed by atoms with Gasteiger partial charge >= 0.3 is 6.03 Å². The zero-order valence-electron chi connectivity index (χ0n) is 24.8. The van der Waals surface area contributed by atoms with E-state index in [9.17, 15) is 9.18 Å². The van der Waals surface area contributed by atoms with Crippen molar-refractivity contribution >= 4 is 34.2 Å². The van der Waals surface area contributed by atoms with Crippen molar-refractivity contribution in [3.63, 3.8) is 0 Å². The number of fused-ring (bicyclic) bond motifs is 3. The Morgan fingerprint density at radius 1 is 1.02 bits per heavy atom. The van der Waals surface area contributed by atoms with Crippen molar-refractivity contribution in [2.75, 3.05) is 58.0 Å². The second kappa shape index (κ2) is 14.2. The van der Waals surface area contributed by atoms with Crippen LogP contribution in [0.5, 0.6) is 28.7 Å². The van der Waals surface area contributed by atoms with Crippen LogP contribution in [-0.2, 0) is 4.74 Å². The molecule has 1 atom stereocenters. The van der Waals surface area contributed by atoms with Gasteiger partial charge in [0.25, 0.3) is 0 Å². The third-order valence-electron chi connectivity index (χ3n) is 7.56. The zero-order valence-corrected chi connectivity index (χ0v) is 25.6. The minimum atomic E-state index is -0.453. The number of rotatable bonds is 10. The molecular formula is C33H34ClFN4O6. The van der Waals surface area contributed by atoms with E-state index >= 15 is 0 Å². The summed E-state index contributed by atoms with van der Waals surface area (Å²) in [6.07, 6.45) is 2.52. The van der Waals surface area contributed by atoms with E-state index in [4.69, 9.17) is 35.3 Å². The van der Waals surface area contributed by atoms with Crippen LogP contribution in [0.25, 0.3) is 10.9 Å². The van der Waals surface area contributed by atoms with Crippen LogP contribution in [0.1, 0.15) is 24.9 Å². The van der Waals surface area contributed by atoms with Crippen LogP contribution in [0.4, 0.5) is 14.9 Å². The number of amides is 2. The lowest BCUT2D eigenvalue weighted by molar-refractivity contribution is 0.0357. The Morgan fingerprint density at radius 2 is 1.80 bits per heavy atom. The van der Waals surface area contributed by atoms with Crippen LogP contribution >= 0.6 is 11.6 Å². The van der Waals surface area contributed by atoms with E-state index in [2.05, 4.69) is 20.5 Å². The summed E-state index contributed by atoms with van der Waals surface area (Å²) in [5, 5.41) is 6.50. The van der Waals surface area contributed by atoms with Gasteiger partial charge in [-0.25, -0.2) is 9.18 Å². The molecule has 1 saturated heterocycles. The maximum atomic E-state index is 13.2. The molecule has 0 spiro atoms. The number of halogens is 2. The van der Waals surface area contributed by atoms with Gasteiger partial charge in [0, 0.05) is 38.0 Å². The lowest BCUT2D eigenvalue weighted by atomic mass is 10.1. The van der Waals surface area contributed by atoms with Crippen LogP contribution in [0, 0.1) is 5.82 Å². The van der Waals surface area contributed by atoms with E-state index < -0.39 is 6.03 Å². The number of nitrogens with one attached hydrogen (secondary N) is 2. The molecule has 0 radical (unpaired) electrons. The third kappa shape index (κ3) is 7.50. The molecule has 2 N–H and O–H groups in total. The number of ether oxygens (including phenoxy) is 5. The summed E-state index contributed by atoms with van der Waals surface area (Å²) in [6.45, 7) is 7.46. The summed E-state index contributed by atoms with van der Waals surface area (Å²) in [5.41, 5.74) is 1.80. The predicted octanol–water partition coefficient (Wildman–Crippen LogP) is 6.57. The van der Waals surface area contributed by atoms with Gasteiger partial charge in [-0.3, -0.25) is 9.88 Å². The first-order valence-corrected chi connectivity index (χ1v) is 15.3. The van der Waals surface area contributed by atoms with Gasteiger partial charge in [0.15, 0.2) is 11.5 Å². The van der Waals surface area contributed by atoms with Crippen molar-refractivity contribution in [2.45, 2.75) is 19.4 Å². The highest BCUT2D eigenvalue weighted by Crippen LogP contribution is 2.48. The summed E-state index contributed by atoms with van der Waals surface area (Å²) in [6, 6.07) is 13.7. The van der Waals surface area contributed by atoms with E-state index in [0.717, 1.165) is 44.8 Å². The van der Waals surface area contributed by atoms with Gasteiger partial charge in [-0.15, -0.1) is 0 Å². The van der Waals surface area contributed by atoms with Crippen LogP contribution in [0.2, 0.25) is 5.02 Å². The highest BCUT2D eigenvalue weighted by atomic mass is 35.5. The molecule has 2 amide bonds. The summed E-state index contributed by atoms with van der Waals surface area (Å²) < 4.78 is 43.2. The van der Waals surface area contributed by atoms with Crippen LogP contribution in [0.15, 0.2) is 60.8 Å². The normalized spacial score (nSPS) is 15.4. The molecule has 0 aliphatic carbocycles. The molecule has 2 aliphatic heterocycles. The lowest BCUT2D eigenvalue weighted by Crippen LogP contribution is -2.37. The molecule has 236 valence electrons. The average Bonchev–Trinajstić information content (AvgIpc) is 3.05. The van der Waals surface area contributed by atoms with Gasteiger partial charge in [0.2, 0.25) is 5.75 Å². The number of hydrogen-bond acceptors (Lipinski definition) is 8. The summed E-state index contributed by atoms with van der Waals surface area (Å²) in [5.74, 6) is 2.23. The van der Waals surface area contributed by atoms with Gasteiger partial charge in [-0.1, -0.05) is 23.7 Å². The Balaban J connectivity index is 1.14. The number of nitrogens with zero attached hydrogens (tertiary/aromatic N) is 2. The van der Waals surface area contributed by atoms with Crippen LogP contribution in [-0.4, -0.2) is 68.6 Å². The molecule has 45 heavy (non-hydrogen) atoms. The van der Waals surface area contributed by atoms with E-state index in [1.807, 2.05) is 6.07 Å². The third-order valence-corrected chi connectivity index (χ3v) is 7.87. The lowest BCUT2D eigenvalue weighted by Gasteiger charge is -2.26. The molecule has 6 rings (SSSR count). The fourth-order valence-electron chi connectivity index (χ4n) is 5.24. The first-order valence-electron chi connectivity index (χ1n) is 14.9. The molecule has 1 fully saturated rings. The van der Waals surface area contributed by atoms with Gasteiger partial charge in [-0.2, -0.15) is 0 Å². The molecule has 3 heterocycles. The summed E-state index contributed by atoms with van der Waals surface area (Å²) >= 11 is 6.53. The number of pyridine rings is 1. The van der Waals surface area contributed by atoms with E-state index in [1.54, 1.807) is 49.5 Å². The SMILES string of the molecule is C[C@@H](NC(=O)Nc1ccc(Oc2ccnc3cc(OCCCN4CCOCC4)c4c(c23)OCCO4)cc1Cl)c1ccc(F)cc1. The summed E-state index contributed by atoms with van der Waals surface area (Å²) in [4.78, 5) is 19.5. The van der Waals surface area contributed by atoms with Crippen molar-refractivity contribution < 1.29 is 32.9 Å². The number of benzene rings is 3. The molecular weight excluding hydrogens is 603 g/mol. The van der Waals surface area contributed by atoms with Crippen LogP contribution in [0.3, 0.4) is 0 Å². The molecule has 3 aromatic carbocycles. The minimum Gasteiger partial charge on any atom is -0.489 e. The van der Waals surface area contributed by atoms with Crippen molar-refractivity contribution in [3.05, 3.63) is 77.2 Å². The van der Waals surface area contributed by atoms with Crippen molar-refractivity contribution in [1.29, 1.82) is 0 Å². The molecule has 0 bridgehead atoms. The molecule has 0 saturated carbocycles. The minimum absolute atomic E-state index is 0.282. The molecule has 12 heteroatoms. The largest absolute Gasteiger partial charge is 0.489 e. The highest BCUT2D eigenvalue weighted by molar-refractivity contribution is 6.33. The first-order chi connectivity index (χ1) is 21.9. The first kappa shape index (κ1) is 30.7. The maximum absolute atomic E-state index is 13.2. The van der Waals surface area contributed by atoms with Gasteiger partial charge < -0.3 is 34.3 Å². The van der Waals surface area contributed by atoms with Crippen molar-refractivity contribution in [1.82, 2.24) is 15.2 Å². The van der Waals surface area contributed by atoms with Crippen LogP contribution < -0.4 is 29.6 Å². The standard InChI is InChI=1S/C33H34ClFN4O6/c1-21(22-3-5-23(35)6-4-22)37-33(40)38-26-8-7-24(19-25(26)34)45-28-9-10-36-27-20-29(31-32(30(27)28)44-18-17-43-31)42-14-2-11-39-12-15-41-16-13-39/h3-10,19-21H,2,11-18H2,1H3,(H2,37,38,40)/t21-/m1/s1. The number of urea groups is 1. The molecule has 10 nitrogen and oxygen atoms in total. The van der Waals surface area contributed by atoms with Gasteiger partial charge in [-0.05, 0) is 49.2 Å². The Kier molecular flexibility index (Phi) is 9.68. The molecule has 2 aliphatic rings. The fraction of sp³-hybridized carbons (Fsp3) is 0.333. The summed E-state index contributed by atoms with van der Waals surface area (Å²) in [7, 11) is 0. The molecule has 1 aromatic heterocycles. The smallest absolute Gasteiger partial charge is 0.319 e. The Labute approximate surface area is 265 Å². The molecule has 0 unspecified atom stereocenters. The highest BCUT2D eigenvalue weighted by Gasteiger charge is 2.25. The topological polar surface area (TPSA) is 103 Å². The number of carbonyl (C=O) groups excluding carboxylic acids is 1. The van der Waals surface area contributed by atoms with Gasteiger partial charge in [0.05, 0.1) is 47.5 Å². The van der Waals surface area contributed by atoms with Crippen molar-refractivity contribution in [2.24, 2.45) is 0 Å². The molecule has 4 aromatic rings. The number of carbonyl (C=O) groups is 1. The second-order valence-corrected chi connectivity index (χ2v) is 11.1. The number of anilines is 1. The Morgan fingerprint density at radius 3 is 2.58 bits per heavy atom. The second-order valence-electron chi connectivity index (χ2n) is 10.7. The number of morpholine rings is 1. The van der Waals surface area contributed by atoms with E-state index in [-0.39, 0.29) is 16.9 Å². The van der Waals surface area contributed by atoms with Crippen molar-refractivity contribution in [3.8, 4) is 28.7 Å². The quantitative estimate of drug-likeness (QED) is 0.188. The number of aromatic nitrogens is 1. The zero-order chi connectivity index (χ0) is 31.2. The predicted molar refractivity (Wildman–Crippen MR) is 169 cm³/mol. The Bertz CT molecular complexity index is 1650. The van der Waals surface area contributed by atoms with E-state index in [1.165, 1.54) is 12.1 Å². The van der Waals surface area contributed by atoms with Gasteiger partial charge in [0.1, 0.15) is 30.5 Å². The van der Waals surface area contributed by atoms with E-state index in [0.29, 0.717) is 65.2 Å². The Hall–Kier alpha value is -4.32. The fourth-order valence-corrected chi connectivity index (χ4v) is 5.46. The number of hydrogen-bond donors (Lipinski definition) is 2. The average molecular weight is 637 g/mol. The maximum Gasteiger partial charge on any atom is 0.319 e. The monoisotopic (exact) mass is 636 g/mol.